The van der Waals surface area contributed by atoms with E-state index in [2.05, 4.69) is 9.88 Å². The summed E-state index contributed by atoms with van der Waals surface area (Å²) in [5.41, 5.74) is 1.09. The van der Waals surface area contributed by atoms with Crippen LogP contribution in [0.2, 0.25) is 0 Å². The van der Waals surface area contributed by atoms with Crippen molar-refractivity contribution >= 4 is 15.9 Å². The number of sulfonamides is 1. The van der Waals surface area contributed by atoms with Gasteiger partial charge in [0.25, 0.3) is 0 Å². The van der Waals surface area contributed by atoms with E-state index in [-0.39, 0.29) is 16.7 Å². The summed E-state index contributed by atoms with van der Waals surface area (Å²) in [5, 5.41) is 0. The number of amides is 1. The molecule has 2 aliphatic rings. The molecule has 0 saturated carbocycles. The summed E-state index contributed by atoms with van der Waals surface area (Å²) in [4.78, 5) is 22.0. The molecule has 0 unspecified atom stereocenters. The van der Waals surface area contributed by atoms with Crippen LogP contribution in [0.4, 0.5) is 0 Å². The molecule has 2 fully saturated rings. The topological polar surface area (TPSA) is 83.0 Å². The Kier molecular flexibility index (Phi) is 7.62. The van der Waals surface area contributed by atoms with Gasteiger partial charge in [0.05, 0.1) is 12.0 Å². The molecule has 0 bridgehead atoms. The maximum atomic E-state index is 13.1. The van der Waals surface area contributed by atoms with E-state index < -0.39 is 10.0 Å². The number of carbonyl (C=O) groups excluding carboxylic acids is 1. The lowest BCUT2D eigenvalue weighted by molar-refractivity contribution is -0.138. The molecule has 33 heavy (non-hydrogen) atoms. The first-order valence-electron chi connectivity index (χ1n) is 11.5. The summed E-state index contributed by atoms with van der Waals surface area (Å²) in [6.45, 7) is 4.87. The van der Waals surface area contributed by atoms with E-state index in [0.29, 0.717) is 31.7 Å². The van der Waals surface area contributed by atoms with Crippen molar-refractivity contribution in [1.29, 1.82) is 0 Å². The van der Waals surface area contributed by atoms with E-state index in [0.717, 1.165) is 44.8 Å². The number of benzene rings is 1. The second kappa shape index (κ2) is 10.6. The fourth-order valence-corrected chi connectivity index (χ4v) is 5.98. The van der Waals surface area contributed by atoms with Gasteiger partial charge in [-0.25, -0.2) is 8.42 Å². The maximum Gasteiger partial charge on any atom is 0.243 e. The van der Waals surface area contributed by atoms with Gasteiger partial charge < -0.3 is 9.64 Å². The molecule has 2 aliphatic heterocycles. The lowest BCUT2D eigenvalue weighted by Crippen LogP contribution is -2.52. The van der Waals surface area contributed by atoms with Gasteiger partial charge in [-0.05, 0) is 49.2 Å². The van der Waals surface area contributed by atoms with E-state index in [1.807, 2.05) is 29.3 Å². The quantitative estimate of drug-likeness (QED) is 0.612. The van der Waals surface area contributed by atoms with Crippen molar-refractivity contribution in [3.63, 3.8) is 0 Å². The highest BCUT2D eigenvalue weighted by molar-refractivity contribution is 7.89. The van der Waals surface area contributed by atoms with Crippen LogP contribution in [0.15, 0.2) is 53.6 Å². The number of carbonyl (C=O) groups is 1. The number of piperidine rings is 1. The summed E-state index contributed by atoms with van der Waals surface area (Å²) in [7, 11) is -2.01. The predicted octanol–water partition coefficient (Wildman–Crippen LogP) is 1.88. The number of rotatable bonds is 7. The van der Waals surface area contributed by atoms with Crippen molar-refractivity contribution in [1.82, 2.24) is 19.1 Å². The Hall–Kier alpha value is -2.49. The van der Waals surface area contributed by atoms with Crippen LogP contribution in [-0.2, 0) is 21.2 Å². The van der Waals surface area contributed by atoms with Gasteiger partial charge in [0, 0.05) is 70.0 Å². The van der Waals surface area contributed by atoms with Gasteiger partial charge in [0.15, 0.2) is 0 Å². The van der Waals surface area contributed by atoms with Crippen molar-refractivity contribution in [2.24, 2.45) is 5.92 Å². The molecule has 0 spiro atoms. The van der Waals surface area contributed by atoms with Crippen molar-refractivity contribution in [3.05, 3.63) is 54.4 Å². The molecule has 2 saturated heterocycles. The Morgan fingerprint density at radius 3 is 2.30 bits per heavy atom. The molecule has 3 heterocycles. The van der Waals surface area contributed by atoms with Crippen molar-refractivity contribution in [3.8, 4) is 5.75 Å². The lowest BCUT2D eigenvalue weighted by atomic mass is 9.96. The standard InChI is InChI=1S/C24H32N4O4S/c1-32-22-5-7-23(8-6-22)33(30,31)28-14-9-20(10-15-28)24(29)27-18-16-26(17-19-27)13-11-21-4-2-3-12-25-21/h2-8,12,20H,9-11,13-19H2,1H3. The van der Waals surface area contributed by atoms with E-state index in [1.54, 1.807) is 31.4 Å². The van der Waals surface area contributed by atoms with Crippen LogP contribution in [-0.4, -0.2) is 86.3 Å². The second-order valence-electron chi connectivity index (χ2n) is 8.59. The third kappa shape index (κ3) is 5.72. The van der Waals surface area contributed by atoms with Crippen molar-refractivity contribution < 1.29 is 17.9 Å². The largest absolute Gasteiger partial charge is 0.497 e. The van der Waals surface area contributed by atoms with Gasteiger partial charge in [-0.2, -0.15) is 4.31 Å². The van der Waals surface area contributed by atoms with Crippen LogP contribution >= 0.6 is 0 Å². The fourth-order valence-electron chi connectivity index (χ4n) is 4.51. The third-order valence-corrected chi connectivity index (χ3v) is 8.51. The first kappa shape index (κ1) is 23.7. The Morgan fingerprint density at radius 2 is 1.70 bits per heavy atom. The first-order valence-corrected chi connectivity index (χ1v) is 13.0. The number of methoxy groups -OCH3 is 1. The summed E-state index contributed by atoms with van der Waals surface area (Å²) >= 11 is 0. The molecule has 178 valence electrons. The summed E-state index contributed by atoms with van der Waals surface area (Å²) in [6.07, 6.45) is 3.86. The zero-order valence-corrected chi connectivity index (χ0v) is 19.9. The maximum absolute atomic E-state index is 13.1. The molecule has 0 N–H and O–H groups in total. The smallest absolute Gasteiger partial charge is 0.243 e. The fraction of sp³-hybridized carbons (Fsp3) is 0.500. The zero-order valence-electron chi connectivity index (χ0n) is 19.1. The molecule has 0 atom stereocenters. The monoisotopic (exact) mass is 472 g/mol. The number of piperazine rings is 1. The van der Waals surface area contributed by atoms with Crippen LogP contribution in [0.3, 0.4) is 0 Å². The molecule has 8 nitrogen and oxygen atoms in total. The Labute approximate surface area is 196 Å². The number of hydrogen-bond donors (Lipinski definition) is 0. The summed E-state index contributed by atoms with van der Waals surface area (Å²) in [5.74, 6) is 0.684. The zero-order chi connectivity index (χ0) is 23.3. The van der Waals surface area contributed by atoms with Crippen molar-refractivity contribution in [2.45, 2.75) is 24.2 Å². The Balaban J connectivity index is 1.24. The highest BCUT2D eigenvalue weighted by Gasteiger charge is 2.34. The minimum Gasteiger partial charge on any atom is -0.497 e. The van der Waals surface area contributed by atoms with Crippen LogP contribution in [0.1, 0.15) is 18.5 Å². The Morgan fingerprint density at radius 1 is 1.00 bits per heavy atom. The Bertz CT molecular complexity index is 1010. The highest BCUT2D eigenvalue weighted by Crippen LogP contribution is 2.26. The third-order valence-electron chi connectivity index (χ3n) is 6.59. The van der Waals surface area contributed by atoms with Crippen LogP contribution in [0, 0.1) is 5.92 Å². The SMILES string of the molecule is COc1ccc(S(=O)(=O)N2CCC(C(=O)N3CCN(CCc4ccccn4)CC3)CC2)cc1. The predicted molar refractivity (Wildman–Crippen MR) is 125 cm³/mol. The van der Waals surface area contributed by atoms with E-state index in [4.69, 9.17) is 4.74 Å². The van der Waals surface area contributed by atoms with Crippen molar-refractivity contribution in [2.75, 3.05) is 52.9 Å². The van der Waals surface area contributed by atoms with E-state index in [9.17, 15) is 13.2 Å². The average molecular weight is 473 g/mol. The average Bonchev–Trinajstić information content (AvgIpc) is 2.88. The van der Waals surface area contributed by atoms with Crippen LogP contribution < -0.4 is 4.74 Å². The molecule has 2 aromatic rings. The van der Waals surface area contributed by atoms with Crippen LogP contribution in [0.25, 0.3) is 0 Å². The molecular weight excluding hydrogens is 440 g/mol. The molecule has 1 amide bonds. The number of ether oxygens (including phenoxy) is 1. The van der Waals surface area contributed by atoms with Gasteiger partial charge in [-0.15, -0.1) is 0 Å². The molecule has 1 aromatic carbocycles. The molecule has 1 aromatic heterocycles. The normalized spacial score (nSPS) is 18.9. The van der Waals surface area contributed by atoms with Gasteiger partial charge in [0.2, 0.25) is 15.9 Å². The minimum absolute atomic E-state index is 0.104. The van der Waals surface area contributed by atoms with E-state index in [1.165, 1.54) is 4.31 Å². The molecule has 0 radical (unpaired) electrons. The first-order chi connectivity index (χ1) is 16.0. The van der Waals surface area contributed by atoms with Crippen LogP contribution in [0.5, 0.6) is 5.75 Å². The highest BCUT2D eigenvalue weighted by atomic mass is 32.2. The molecule has 4 rings (SSSR count). The van der Waals surface area contributed by atoms with E-state index >= 15 is 0 Å². The number of pyridine rings is 1. The lowest BCUT2D eigenvalue weighted by Gasteiger charge is -2.38. The number of nitrogens with zero attached hydrogens (tertiary/aromatic N) is 4. The minimum atomic E-state index is -3.56. The van der Waals surface area contributed by atoms with Gasteiger partial charge in [-0.3, -0.25) is 14.7 Å². The molecule has 9 heteroatoms. The van der Waals surface area contributed by atoms with Gasteiger partial charge in [0.1, 0.15) is 5.75 Å². The van der Waals surface area contributed by atoms with Gasteiger partial charge in [-0.1, -0.05) is 6.07 Å². The second-order valence-corrected chi connectivity index (χ2v) is 10.5. The summed E-state index contributed by atoms with van der Waals surface area (Å²) in [6, 6.07) is 12.4. The molecule has 0 aliphatic carbocycles. The molecular formula is C24H32N4O4S. The summed E-state index contributed by atoms with van der Waals surface area (Å²) < 4.78 is 32.5. The van der Waals surface area contributed by atoms with Gasteiger partial charge >= 0.3 is 0 Å². The number of hydrogen-bond acceptors (Lipinski definition) is 6. The number of aromatic nitrogens is 1.